The molecule has 128 valence electrons. The largest absolute Gasteiger partial charge is 0.349 e. The minimum Gasteiger partial charge on any atom is -0.349 e. The highest BCUT2D eigenvalue weighted by atomic mass is 32.2. The van der Waals surface area contributed by atoms with Crippen molar-refractivity contribution in [3.05, 3.63) is 48.0 Å². The number of carbonyl (C=O) groups is 1. The molecule has 1 aliphatic heterocycles. The predicted molar refractivity (Wildman–Crippen MR) is 100 cm³/mol. The second-order valence-corrected chi connectivity index (χ2v) is 9.75. The van der Waals surface area contributed by atoms with E-state index in [1.807, 2.05) is 25.1 Å². The molecule has 1 heterocycles. The van der Waals surface area contributed by atoms with Gasteiger partial charge in [0.2, 0.25) is 5.91 Å². The van der Waals surface area contributed by atoms with Gasteiger partial charge in [-0.1, -0.05) is 36.4 Å². The highest BCUT2D eigenvalue weighted by Crippen LogP contribution is 2.24. The van der Waals surface area contributed by atoms with Gasteiger partial charge in [-0.25, -0.2) is 8.42 Å². The van der Waals surface area contributed by atoms with Crippen molar-refractivity contribution in [1.29, 1.82) is 0 Å². The zero-order valence-electron chi connectivity index (χ0n) is 13.6. The highest BCUT2D eigenvalue weighted by Gasteiger charge is 2.28. The second kappa shape index (κ2) is 7.15. The molecule has 2 atom stereocenters. The Balaban J connectivity index is 1.55. The van der Waals surface area contributed by atoms with Gasteiger partial charge in [-0.05, 0) is 35.7 Å². The highest BCUT2D eigenvalue weighted by molar-refractivity contribution is 8.02. The maximum absolute atomic E-state index is 12.1. The average Bonchev–Trinajstić information content (AvgIpc) is 2.91. The van der Waals surface area contributed by atoms with Crippen molar-refractivity contribution in [3.8, 4) is 0 Å². The third-order valence-electron chi connectivity index (χ3n) is 4.29. The Kier molecular flexibility index (Phi) is 5.15. The van der Waals surface area contributed by atoms with Crippen molar-refractivity contribution >= 4 is 38.3 Å². The van der Waals surface area contributed by atoms with E-state index in [-0.39, 0.29) is 28.7 Å². The lowest BCUT2D eigenvalue weighted by Gasteiger charge is -2.16. The van der Waals surface area contributed by atoms with E-state index in [0.29, 0.717) is 12.2 Å². The molecule has 0 bridgehead atoms. The molecular formula is C18H21NO3S2. The lowest BCUT2D eigenvalue weighted by atomic mass is 10.0. The van der Waals surface area contributed by atoms with Crippen molar-refractivity contribution in [1.82, 2.24) is 5.32 Å². The Labute approximate surface area is 146 Å². The van der Waals surface area contributed by atoms with Crippen LogP contribution in [0.25, 0.3) is 10.8 Å². The summed E-state index contributed by atoms with van der Waals surface area (Å²) in [5, 5.41) is 5.38. The number of sulfone groups is 1. The van der Waals surface area contributed by atoms with Crippen LogP contribution in [0.4, 0.5) is 0 Å². The summed E-state index contributed by atoms with van der Waals surface area (Å²) in [6.07, 6.45) is 0.653. The lowest BCUT2D eigenvalue weighted by molar-refractivity contribution is -0.119. The first-order chi connectivity index (χ1) is 11.4. The van der Waals surface area contributed by atoms with E-state index < -0.39 is 9.84 Å². The van der Waals surface area contributed by atoms with Crippen LogP contribution in [0, 0.1) is 0 Å². The van der Waals surface area contributed by atoms with E-state index in [2.05, 4.69) is 29.6 Å². The summed E-state index contributed by atoms with van der Waals surface area (Å²) in [6, 6.07) is 14.2. The normalized spacial score (nSPS) is 20.8. The van der Waals surface area contributed by atoms with Gasteiger partial charge in [-0.2, -0.15) is 0 Å². The van der Waals surface area contributed by atoms with Gasteiger partial charge in [0.05, 0.1) is 23.3 Å². The van der Waals surface area contributed by atoms with Crippen LogP contribution in [-0.2, 0) is 14.6 Å². The Morgan fingerprint density at radius 2 is 2.00 bits per heavy atom. The number of rotatable bonds is 5. The zero-order chi connectivity index (χ0) is 17.2. The SMILES string of the molecule is CC(NC(=O)CSC1CCS(=O)(=O)C1)c1ccc2ccccc2c1. The van der Waals surface area contributed by atoms with E-state index in [1.54, 1.807) is 0 Å². The molecule has 0 spiro atoms. The van der Waals surface area contributed by atoms with Gasteiger partial charge in [-0.3, -0.25) is 4.79 Å². The molecule has 2 aromatic carbocycles. The van der Waals surface area contributed by atoms with E-state index in [9.17, 15) is 13.2 Å². The molecule has 6 heteroatoms. The van der Waals surface area contributed by atoms with E-state index in [1.165, 1.54) is 17.1 Å². The fourth-order valence-corrected chi connectivity index (χ4v) is 6.38. The van der Waals surface area contributed by atoms with Crippen LogP contribution in [-0.4, -0.2) is 36.8 Å². The van der Waals surface area contributed by atoms with Gasteiger partial charge in [0.15, 0.2) is 9.84 Å². The molecule has 0 radical (unpaired) electrons. The minimum atomic E-state index is -2.88. The van der Waals surface area contributed by atoms with Gasteiger partial charge >= 0.3 is 0 Å². The molecule has 0 aromatic heterocycles. The predicted octanol–water partition coefficient (Wildman–Crippen LogP) is 2.94. The molecule has 4 nitrogen and oxygen atoms in total. The number of thioether (sulfide) groups is 1. The molecule has 2 unspecified atom stereocenters. The topological polar surface area (TPSA) is 63.2 Å². The van der Waals surface area contributed by atoms with Gasteiger partial charge < -0.3 is 5.32 Å². The third kappa shape index (κ3) is 4.30. The molecule has 1 saturated heterocycles. The fraction of sp³-hybridized carbons (Fsp3) is 0.389. The number of hydrogen-bond donors (Lipinski definition) is 1. The number of nitrogens with one attached hydrogen (secondary N) is 1. The quantitative estimate of drug-likeness (QED) is 0.887. The number of carbonyl (C=O) groups excluding carboxylic acids is 1. The first kappa shape index (κ1) is 17.3. The molecule has 3 rings (SSSR count). The second-order valence-electron chi connectivity index (χ2n) is 6.23. The summed E-state index contributed by atoms with van der Waals surface area (Å²) in [7, 11) is -2.88. The van der Waals surface area contributed by atoms with Gasteiger partial charge in [0.25, 0.3) is 0 Å². The summed E-state index contributed by atoms with van der Waals surface area (Å²) in [5.41, 5.74) is 1.07. The van der Waals surface area contributed by atoms with Crippen molar-refractivity contribution < 1.29 is 13.2 Å². The van der Waals surface area contributed by atoms with Crippen molar-refractivity contribution in [2.45, 2.75) is 24.6 Å². The summed E-state index contributed by atoms with van der Waals surface area (Å²) in [5.74, 6) is 0.702. The van der Waals surface area contributed by atoms with Crippen LogP contribution in [0.1, 0.15) is 24.9 Å². The fourth-order valence-electron chi connectivity index (χ4n) is 2.93. The molecule has 0 saturated carbocycles. The maximum atomic E-state index is 12.1. The van der Waals surface area contributed by atoms with Gasteiger partial charge in [-0.15, -0.1) is 11.8 Å². The van der Waals surface area contributed by atoms with Gasteiger partial charge in [0, 0.05) is 5.25 Å². The number of benzene rings is 2. The van der Waals surface area contributed by atoms with Crippen molar-refractivity contribution in [2.75, 3.05) is 17.3 Å². The third-order valence-corrected chi connectivity index (χ3v) is 7.57. The Hall–Kier alpha value is -1.53. The molecule has 1 N–H and O–H groups in total. The molecular weight excluding hydrogens is 342 g/mol. The Morgan fingerprint density at radius 1 is 1.25 bits per heavy atom. The maximum Gasteiger partial charge on any atom is 0.230 e. The van der Waals surface area contributed by atoms with Crippen LogP contribution in [0.15, 0.2) is 42.5 Å². The number of fused-ring (bicyclic) bond motifs is 1. The van der Waals surface area contributed by atoms with Gasteiger partial charge in [0.1, 0.15) is 0 Å². The smallest absolute Gasteiger partial charge is 0.230 e. The summed E-state index contributed by atoms with van der Waals surface area (Å²) in [6.45, 7) is 1.96. The molecule has 1 fully saturated rings. The van der Waals surface area contributed by atoms with Crippen molar-refractivity contribution in [2.24, 2.45) is 0 Å². The standard InChI is InChI=1S/C18H21NO3S2/c1-13(15-7-6-14-4-2-3-5-16(14)10-15)19-18(20)11-23-17-8-9-24(21,22)12-17/h2-7,10,13,17H,8-9,11-12H2,1H3,(H,19,20). The molecule has 0 aliphatic carbocycles. The number of amides is 1. The van der Waals surface area contributed by atoms with Crippen LogP contribution >= 0.6 is 11.8 Å². The first-order valence-corrected chi connectivity index (χ1v) is 10.9. The molecule has 2 aromatic rings. The minimum absolute atomic E-state index is 0.0510. The molecule has 1 amide bonds. The van der Waals surface area contributed by atoms with E-state index >= 15 is 0 Å². The molecule has 1 aliphatic rings. The van der Waals surface area contributed by atoms with Crippen LogP contribution in [0.3, 0.4) is 0 Å². The van der Waals surface area contributed by atoms with Crippen molar-refractivity contribution in [3.63, 3.8) is 0 Å². The zero-order valence-corrected chi connectivity index (χ0v) is 15.2. The first-order valence-electron chi connectivity index (χ1n) is 8.03. The van der Waals surface area contributed by atoms with E-state index in [4.69, 9.17) is 0 Å². The van der Waals surface area contributed by atoms with Crippen LogP contribution in [0.5, 0.6) is 0 Å². The Bertz CT molecular complexity index is 848. The monoisotopic (exact) mass is 363 g/mol. The Morgan fingerprint density at radius 3 is 2.71 bits per heavy atom. The van der Waals surface area contributed by atoms with Crippen LogP contribution < -0.4 is 5.32 Å². The van der Waals surface area contributed by atoms with Crippen LogP contribution in [0.2, 0.25) is 0 Å². The lowest BCUT2D eigenvalue weighted by Crippen LogP contribution is -2.29. The molecule has 24 heavy (non-hydrogen) atoms. The summed E-state index contributed by atoms with van der Waals surface area (Å²) < 4.78 is 22.9. The van der Waals surface area contributed by atoms with E-state index in [0.717, 1.165) is 10.9 Å². The summed E-state index contributed by atoms with van der Waals surface area (Å²) in [4.78, 5) is 12.1. The number of hydrogen-bond acceptors (Lipinski definition) is 4. The average molecular weight is 364 g/mol. The summed E-state index contributed by atoms with van der Waals surface area (Å²) >= 11 is 1.44.